The molecule has 0 radical (unpaired) electrons. The van der Waals surface area contributed by atoms with Gasteiger partial charge >= 0.3 is 18.9 Å². The van der Waals surface area contributed by atoms with Crippen molar-refractivity contribution in [1.82, 2.24) is 0 Å². The molecule has 0 saturated heterocycles. The average Bonchev–Trinajstić information content (AvgIpc) is 2.34. The van der Waals surface area contributed by atoms with Crippen LogP contribution in [0.3, 0.4) is 0 Å². The third-order valence-corrected chi connectivity index (χ3v) is 3.60. The zero-order chi connectivity index (χ0) is 8.22. The zero-order valence-electron chi connectivity index (χ0n) is 8.94. The first-order valence-corrected chi connectivity index (χ1v) is 4.63. The first kappa shape index (κ1) is 10.4. The fourth-order valence-electron chi connectivity index (χ4n) is 2.96. The molecule has 3 atom stereocenters. The summed E-state index contributed by atoms with van der Waals surface area (Å²) in [5.41, 5.74) is 2.13. The van der Waals surface area contributed by atoms with Gasteiger partial charge in [-0.3, -0.25) is 5.57 Å². The van der Waals surface area contributed by atoms with Crippen LogP contribution in [0, 0.1) is 29.2 Å². The van der Waals surface area contributed by atoms with Gasteiger partial charge in [0.15, 0.2) is 0 Å². The van der Waals surface area contributed by atoms with Crippen LogP contribution in [0.25, 0.3) is 0 Å². The Morgan fingerprint density at radius 1 is 1.42 bits per heavy atom. The van der Waals surface area contributed by atoms with Gasteiger partial charge < -0.3 is 6.08 Å². The minimum Gasteiger partial charge on any atom is -0.494 e. The van der Waals surface area contributed by atoms with E-state index < -0.39 is 0 Å². The molecule has 2 aliphatic carbocycles. The summed E-state index contributed by atoms with van der Waals surface area (Å²) in [5, 5.41) is 0. The summed E-state index contributed by atoms with van der Waals surface area (Å²) in [5.74, 6) is 2.55. The molecule has 0 amide bonds. The normalized spacial score (nSPS) is 42.3. The van der Waals surface area contributed by atoms with Crippen LogP contribution in [0.15, 0.2) is 5.57 Å². The Labute approximate surface area is 88.0 Å². The summed E-state index contributed by atoms with van der Waals surface area (Å²) < 4.78 is 0. The fraction of sp³-hybridized carbons (Fsp3) is 0.818. The first-order valence-electron chi connectivity index (χ1n) is 4.63. The Morgan fingerprint density at radius 2 is 2.00 bits per heavy atom. The maximum atomic E-state index is 3.54. The molecule has 1 heteroatoms. The van der Waals surface area contributed by atoms with Crippen molar-refractivity contribution < 1.29 is 18.9 Å². The molecule has 0 nitrogen and oxygen atoms in total. The van der Waals surface area contributed by atoms with E-state index in [-0.39, 0.29) is 18.9 Å². The molecule has 12 heavy (non-hydrogen) atoms. The molecular formula is C11H17Li. The van der Waals surface area contributed by atoms with Crippen LogP contribution in [-0.2, 0) is 0 Å². The van der Waals surface area contributed by atoms with Crippen LogP contribution in [-0.4, -0.2) is 0 Å². The molecule has 0 N–H and O–H groups in total. The standard InChI is InChI=1S/C11H17.Li/c1-7-5-8(2)10-9(6-7)11(10,3)4;/h7,9-10H,6H2,1-4H3;/q-1;+1. The summed E-state index contributed by atoms with van der Waals surface area (Å²) in [6.07, 6.45) is 4.91. The number of hydrogen-bond acceptors (Lipinski definition) is 0. The van der Waals surface area contributed by atoms with E-state index in [2.05, 4.69) is 33.8 Å². The van der Waals surface area contributed by atoms with Crippen LogP contribution in [0.2, 0.25) is 0 Å². The second-order valence-electron chi connectivity index (χ2n) is 4.87. The van der Waals surface area contributed by atoms with Gasteiger partial charge in [-0.25, -0.2) is 0 Å². The molecule has 0 bridgehead atoms. The smallest absolute Gasteiger partial charge is 0.494 e. The molecule has 0 aliphatic heterocycles. The molecule has 0 heterocycles. The first-order chi connectivity index (χ1) is 5.03. The van der Waals surface area contributed by atoms with Gasteiger partial charge in [0.1, 0.15) is 0 Å². The Hall–Kier alpha value is 0.337. The van der Waals surface area contributed by atoms with Gasteiger partial charge in [0.05, 0.1) is 0 Å². The van der Waals surface area contributed by atoms with Crippen molar-refractivity contribution >= 4 is 0 Å². The molecule has 2 rings (SSSR count). The quantitative estimate of drug-likeness (QED) is 0.343. The third-order valence-electron chi connectivity index (χ3n) is 3.60. The van der Waals surface area contributed by atoms with Gasteiger partial charge in [-0.1, -0.05) is 34.1 Å². The van der Waals surface area contributed by atoms with Crippen molar-refractivity contribution in [2.24, 2.45) is 23.2 Å². The maximum absolute atomic E-state index is 3.54. The summed E-state index contributed by atoms with van der Waals surface area (Å²) in [4.78, 5) is 0. The van der Waals surface area contributed by atoms with Crippen molar-refractivity contribution in [3.05, 3.63) is 11.6 Å². The maximum Gasteiger partial charge on any atom is 1.00 e. The molecule has 1 saturated carbocycles. The summed E-state index contributed by atoms with van der Waals surface area (Å²) in [6, 6.07) is 0. The molecule has 3 unspecified atom stereocenters. The Balaban J connectivity index is 0.000000720. The minimum absolute atomic E-state index is 0. The average molecular weight is 156 g/mol. The SMILES string of the molecule is CC1=[C-]C(C)CC2C1C2(C)C.[Li+]. The van der Waals surface area contributed by atoms with Crippen molar-refractivity contribution in [3.63, 3.8) is 0 Å². The summed E-state index contributed by atoms with van der Waals surface area (Å²) in [7, 11) is 0. The molecule has 0 spiro atoms. The molecule has 0 aromatic rings. The fourth-order valence-corrected chi connectivity index (χ4v) is 2.96. The molecule has 0 aromatic heterocycles. The van der Waals surface area contributed by atoms with E-state index in [1.54, 1.807) is 0 Å². The van der Waals surface area contributed by atoms with E-state index in [0.717, 1.165) is 11.8 Å². The van der Waals surface area contributed by atoms with Crippen LogP contribution in [0.5, 0.6) is 0 Å². The predicted molar refractivity (Wildman–Crippen MR) is 47.0 cm³/mol. The summed E-state index contributed by atoms with van der Waals surface area (Å²) >= 11 is 0. The van der Waals surface area contributed by atoms with Gasteiger partial charge in [-0.2, -0.15) is 5.92 Å². The van der Waals surface area contributed by atoms with Crippen molar-refractivity contribution in [3.8, 4) is 0 Å². The largest absolute Gasteiger partial charge is 1.00 e. The van der Waals surface area contributed by atoms with Crippen LogP contribution >= 0.6 is 0 Å². The van der Waals surface area contributed by atoms with Crippen molar-refractivity contribution in [2.75, 3.05) is 0 Å². The zero-order valence-corrected chi connectivity index (χ0v) is 8.94. The monoisotopic (exact) mass is 156 g/mol. The van der Waals surface area contributed by atoms with Gasteiger partial charge in [0.25, 0.3) is 0 Å². The van der Waals surface area contributed by atoms with Gasteiger partial charge in [0, 0.05) is 0 Å². The molecule has 2 aliphatic rings. The number of allylic oxidation sites excluding steroid dienone is 2. The van der Waals surface area contributed by atoms with Crippen LogP contribution in [0.1, 0.15) is 34.1 Å². The van der Waals surface area contributed by atoms with E-state index >= 15 is 0 Å². The number of hydrogen-bond donors (Lipinski definition) is 0. The van der Waals surface area contributed by atoms with E-state index in [1.807, 2.05) is 0 Å². The molecule has 1 fully saturated rings. The van der Waals surface area contributed by atoms with Gasteiger partial charge in [-0.05, 0) is 17.3 Å². The molecule has 0 aromatic carbocycles. The van der Waals surface area contributed by atoms with Crippen LogP contribution < -0.4 is 18.9 Å². The minimum atomic E-state index is 0. The Morgan fingerprint density at radius 3 is 2.50 bits per heavy atom. The molecule has 62 valence electrons. The van der Waals surface area contributed by atoms with Gasteiger partial charge in [0.2, 0.25) is 0 Å². The second-order valence-corrected chi connectivity index (χ2v) is 4.87. The van der Waals surface area contributed by atoms with Crippen molar-refractivity contribution in [1.29, 1.82) is 0 Å². The Kier molecular flexibility index (Phi) is 2.54. The number of rotatable bonds is 0. The topological polar surface area (TPSA) is 0 Å². The second kappa shape index (κ2) is 2.93. The Bertz CT molecular complexity index is 215. The van der Waals surface area contributed by atoms with Crippen LogP contribution in [0.4, 0.5) is 0 Å². The van der Waals surface area contributed by atoms with E-state index in [1.165, 1.54) is 12.0 Å². The van der Waals surface area contributed by atoms with E-state index in [4.69, 9.17) is 0 Å². The third kappa shape index (κ3) is 1.30. The van der Waals surface area contributed by atoms with Crippen molar-refractivity contribution in [2.45, 2.75) is 34.1 Å². The van der Waals surface area contributed by atoms with E-state index in [0.29, 0.717) is 11.3 Å². The molecular weight excluding hydrogens is 139 g/mol. The summed E-state index contributed by atoms with van der Waals surface area (Å²) in [6.45, 7) is 9.33. The van der Waals surface area contributed by atoms with Gasteiger partial charge in [-0.15, -0.1) is 0 Å². The predicted octanol–water partition coefficient (Wildman–Crippen LogP) is 0.0519. The number of fused-ring (bicyclic) bond motifs is 1. The van der Waals surface area contributed by atoms with E-state index in [9.17, 15) is 0 Å².